The molecule has 2 aliphatic carbocycles. The molecular weight excluding hydrogens is 218 g/mol. The zero-order valence-electron chi connectivity index (χ0n) is 12.4. The summed E-state index contributed by atoms with van der Waals surface area (Å²) in [5.74, 6) is 0.837. The van der Waals surface area contributed by atoms with Gasteiger partial charge in [0.1, 0.15) is 0 Å². The highest BCUT2D eigenvalue weighted by molar-refractivity contribution is 5.29. The van der Waals surface area contributed by atoms with E-state index in [-0.39, 0.29) is 0 Å². The molecule has 2 unspecified atom stereocenters. The molecule has 2 aliphatic rings. The standard InChI is InChI=1S/C17H29N/c1-4-17(18(5-2)6-3)16-13-9-11-14-10-7-8-12-15(14)16/h7-8,16-17H,4-6,9-13H2,1-3H3. The highest BCUT2D eigenvalue weighted by atomic mass is 15.1. The third-order valence-corrected chi connectivity index (χ3v) is 4.93. The van der Waals surface area contributed by atoms with Crippen molar-refractivity contribution in [2.24, 2.45) is 5.92 Å². The van der Waals surface area contributed by atoms with Crippen LogP contribution in [0.15, 0.2) is 23.3 Å². The van der Waals surface area contributed by atoms with Gasteiger partial charge in [-0.25, -0.2) is 0 Å². The topological polar surface area (TPSA) is 3.24 Å². The molecule has 0 fully saturated rings. The van der Waals surface area contributed by atoms with Crippen LogP contribution in [0.25, 0.3) is 0 Å². The van der Waals surface area contributed by atoms with Gasteiger partial charge in [0.25, 0.3) is 0 Å². The molecule has 0 amide bonds. The van der Waals surface area contributed by atoms with Crippen molar-refractivity contribution < 1.29 is 0 Å². The highest BCUT2D eigenvalue weighted by Crippen LogP contribution is 2.40. The van der Waals surface area contributed by atoms with Gasteiger partial charge in [0, 0.05) is 6.04 Å². The highest BCUT2D eigenvalue weighted by Gasteiger charge is 2.31. The fourth-order valence-corrected chi connectivity index (χ4v) is 4.01. The molecule has 0 saturated carbocycles. The Balaban J connectivity index is 2.19. The minimum atomic E-state index is 0.775. The summed E-state index contributed by atoms with van der Waals surface area (Å²) in [6.07, 6.45) is 12.7. The van der Waals surface area contributed by atoms with E-state index >= 15 is 0 Å². The van der Waals surface area contributed by atoms with Gasteiger partial charge in [-0.3, -0.25) is 0 Å². The number of hydrogen-bond donors (Lipinski definition) is 0. The summed E-state index contributed by atoms with van der Waals surface area (Å²) in [4.78, 5) is 2.68. The number of nitrogens with zero attached hydrogens (tertiary/aromatic N) is 1. The Labute approximate surface area is 113 Å². The van der Waals surface area contributed by atoms with E-state index in [1.54, 1.807) is 5.57 Å². The first-order chi connectivity index (χ1) is 8.81. The Hall–Kier alpha value is -0.560. The average Bonchev–Trinajstić information content (AvgIpc) is 2.44. The van der Waals surface area contributed by atoms with Gasteiger partial charge in [-0.15, -0.1) is 0 Å². The van der Waals surface area contributed by atoms with Crippen LogP contribution in [0.5, 0.6) is 0 Å². The predicted molar refractivity (Wildman–Crippen MR) is 79.7 cm³/mol. The monoisotopic (exact) mass is 247 g/mol. The fraction of sp³-hybridized carbons (Fsp3) is 0.765. The predicted octanol–water partition coefficient (Wildman–Crippen LogP) is 4.55. The maximum absolute atomic E-state index is 2.68. The van der Waals surface area contributed by atoms with Gasteiger partial charge in [0.2, 0.25) is 0 Å². The van der Waals surface area contributed by atoms with Crippen LogP contribution in [0, 0.1) is 5.92 Å². The van der Waals surface area contributed by atoms with Crippen molar-refractivity contribution in [1.82, 2.24) is 4.90 Å². The molecule has 2 atom stereocenters. The summed E-state index contributed by atoms with van der Waals surface area (Å²) in [6, 6.07) is 0.775. The SMILES string of the molecule is CCC(C1CCCC2=C1CC=CC2)N(CC)CC. The first kappa shape index (κ1) is 13.9. The lowest BCUT2D eigenvalue weighted by Gasteiger charge is -2.40. The summed E-state index contributed by atoms with van der Waals surface area (Å²) in [6.45, 7) is 9.39. The Morgan fingerprint density at radius 1 is 1.17 bits per heavy atom. The molecule has 102 valence electrons. The van der Waals surface area contributed by atoms with Crippen LogP contribution in [-0.2, 0) is 0 Å². The molecule has 2 rings (SSSR count). The van der Waals surface area contributed by atoms with Gasteiger partial charge >= 0.3 is 0 Å². The summed E-state index contributed by atoms with van der Waals surface area (Å²) in [5.41, 5.74) is 3.59. The quantitative estimate of drug-likeness (QED) is 0.644. The Kier molecular flexibility index (Phi) is 5.05. The van der Waals surface area contributed by atoms with Gasteiger partial charge < -0.3 is 4.90 Å². The molecule has 1 nitrogen and oxygen atoms in total. The molecule has 0 bridgehead atoms. The second kappa shape index (κ2) is 6.56. The molecule has 0 aromatic carbocycles. The van der Waals surface area contributed by atoms with Crippen molar-refractivity contribution in [2.45, 2.75) is 65.3 Å². The molecule has 1 heteroatoms. The van der Waals surface area contributed by atoms with Crippen LogP contribution in [0.1, 0.15) is 59.3 Å². The van der Waals surface area contributed by atoms with Crippen molar-refractivity contribution in [3.05, 3.63) is 23.3 Å². The van der Waals surface area contributed by atoms with E-state index in [0.717, 1.165) is 12.0 Å². The van der Waals surface area contributed by atoms with Crippen LogP contribution in [0.4, 0.5) is 0 Å². The summed E-state index contributed by atoms with van der Waals surface area (Å²) >= 11 is 0. The molecule has 0 aromatic heterocycles. The van der Waals surface area contributed by atoms with Crippen LogP contribution in [0.2, 0.25) is 0 Å². The molecule has 0 aromatic rings. The molecule has 0 spiro atoms. The second-order valence-corrected chi connectivity index (χ2v) is 5.70. The van der Waals surface area contributed by atoms with Crippen LogP contribution in [0.3, 0.4) is 0 Å². The second-order valence-electron chi connectivity index (χ2n) is 5.70. The smallest absolute Gasteiger partial charge is 0.0158 e. The lowest BCUT2D eigenvalue weighted by molar-refractivity contribution is 0.153. The van der Waals surface area contributed by atoms with E-state index in [1.165, 1.54) is 51.6 Å². The molecule has 0 aliphatic heterocycles. The van der Waals surface area contributed by atoms with E-state index < -0.39 is 0 Å². The van der Waals surface area contributed by atoms with E-state index in [2.05, 4.69) is 37.8 Å². The zero-order valence-corrected chi connectivity index (χ0v) is 12.4. The molecule has 0 N–H and O–H groups in total. The maximum Gasteiger partial charge on any atom is 0.0158 e. The van der Waals surface area contributed by atoms with Gasteiger partial charge in [0.15, 0.2) is 0 Å². The van der Waals surface area contributed by atoms with Crippen molar-refractivity contribution in [2.75, 3.05) is 13.1 Å². The Morgan fingerprint density at radius 2 is 1.89 bits per heavy atom. The van der Waals surface area contributed by atoms with E-state index in [9.17, 15) is 0 Å². The Morgan fingerprint density at radius 3 is 2.56 bits per heavy atom. The molecular formula is C17H29N. The van der Waals surface area contributed by atoms with E-state index in [0.29, 0.717) is 0 Å². The normalized spacial score (nSPS) is 25.4. The first-order valence-electron chi connectivity index (χ1n) is 7.91. The van der Waals surface area contributed by atoms with Crippen LogP contribution in [-0.4, -0.2) is 24.0 Å². The van der Waals surface area contributed by atoms with Gasteiger partial charge in [0.05, 0.1) is 0 Å². The maximum atomic E-state index is 2.68. The first-order valence-corrected chi connectivity index (χ1v) is 7.91. The summed E-state index contributed by atoms with van der Waals surface area (Å²) in [7, 11) is 0. The number of allylic oxidation sites excluding steroid dienone is 3. The van der Waals surface area contributed by atoms with Gasteiger partial charge in [-0.1, -0.05) is 44.1 Å². The third kappa shape index (κ3) is 2.71. The molecule has 0 heterocycles. The number of rotatable bonds is 5. The molecule has 0 radical (unpaired) electrons. The average molecular weight is 247 g/mol. The lowest BCUT2D eigenvalue weighted by atomic mass is 9.73. The minimum absolute atomic E-state index is 0.775. The largest absolute Gasteiger partial charge is 0.300 e. The van der Waals surface area contributed by atoms with Crippen LogP contribution >= 0.6 is 0 Å². The third-order valence-electron chi connectivity index (χ3n) is 4.93. The van der Waals surface area contributed by atoms with Crippen molar-refractivity contribution in [3.63, 3.8) is 0 Å². The van der Waals surface area contributed by atoms with Crippen molar-refractivity contribution in [3.8, 4) is 0 Å². The van der Waals surface area contributed by atoms with Crippen LogP contribution < -0.4 is 0 Å². The zero-order chi connectivity index (χ0) is 13.0. The fourth-order valence-electron chi connectivity index (χ4n) is 4.01. The van der Waals surface area contributed by atoms with E-state index in [1.807, 2.05) is 5.57 Å². The molecule has 0 saturated heterocycles. The van der Waals surface area contributed by atoms with Gasteiger partial charge in [-0.2, -0.15) is 0 Å². The number of hydrogen-bond acceptors (Lipinski definition) is 1. The van der Waals surface area contributed by atoms with Crippen molar-refractivity contribution in [1.29, 1.82) is 0 Å². The lowest BCUT2D eigenvalue weighted by Crippen LogP contribution is -2.42. The Bertz CT molecular complexity index is 323. The minimum Gasteiger partial charge on any atom is -0.300 e. The van der Waals surface area contributed by atoms with Crippen molar-refractivity contribution >= 4 is 0 Å². The van der Waals surface area contributed by atoms with Gasteiger partial charge in [-0.05, 0) is 57.5 Å². The van der Waals surface area contributed by atoms with E-state index in [4.69, 9.17) is 0 Å². The summed E-state index contributed by atoms with van der Waals surface area (Å²) < 4.78 is 0. The summed E-state index contributed by atoms with van der Waals surface area (Å²) in [5, 5.41) is 0. The molecule has 18 heavy (non-hydrogen) atoms.